The fourth-order valence-corrected chi connectivity index (χ4v) is 1.88. The van der Waals surface area contributed by atoms with Crippen LogP contribution in [0.25, 0.3) is 0 Å². The van der Waals surface area contributed by atoms with E-state index in [9.17, 15) is 4.79 Å². The van der Waals surface area contributed by atoms with Crippen molar-refractivity contribution in [1.29, 1.82) is 0 Å². The van der Waals surface area contributed by atoms with E-state index in [1.54, 1.807) is 0 Å². The van der Waals surface area contributed by atoms with Crippen LogP contribution in [0.5, 0.6) is 0 Å². The highest BCUT2D eigenvalue weighted by Gasteiger charge is 2.39. The summed E-state index contributed by atoms with van der Waals surface area (Å²) in [4.78, 5) is 10.7. The normalized spacial score (nSPS) is 18.1. The van der Waals surface area contributed by atoms with Crippen LogP contribution in [-0.2, 0) is 14.3 Å². The summed E-state index contributed by atoms with van der Waals surface area (Å²) in [5.41, 5.74) is -0.389. The highest BCUT2D eigenvalue weighted by Crippen LogP contribution is 2.38. The number of carboxylic acids is 1. The number of aliphatic carboxylic acids is 1. The highest BCUT2D eigenvalue weighted by molar-refractivity contribution is 5.68. The van der Waals surface area contributed by atoms with E-state index >= 15 is 0 Å². The summed E-state index contributed by atoms with van der Waals surface area (Å²) < 4.78 is 11.0. The number of unbranched alkanes of at least 4 members (excludes halogenated alkanes) is 1. The lowest BCUT2D eigenvalue weighted by molar-refractivity contribution is -0.157. The molecule has 0 aromatic rings. The maximum atomic E-state index is 10.7. The van der Waals surface area contributed by atoms with Gasteiger partial charge in [-0.25, -0.2) is 0 Å². The van der Waals surface area contributed by atoms with Gasteiger partial charge in [-0.05, 0) is 25.7 Å². The monoisotopic (exact) mass is 230 g/mol. The Balaban J connectivity index is 2.07. The number of hydrogen-bond acceptors (Lipinski definition) is 3. The summed E-state index contributed by atoms with van der Waals surface area (Å²) in [5.74, 6) is -0.772. The van der Waals surface area contributed by atoms with Gasteiger partial charge in [0.2, 0.25) is 0 Å². The minimum absolute atomic E-state index is 0.127. The molecule has 1 aliphatic carbocycles. The Morgan fingerprint density at radius 1 is 1.31 bits per heavy atom. The maximum absolute atomic E-state index is 10.7. The van der Waals surface area contributed by atoms with Crippen molar-refractivity contribution in [3.63, 3.8) is 0 Å². The molecule has 0 spiro atoms. The molecule has 0 radical (unpaired) electrons. The van der Waals surface area contributed by atoms with E-state index in [2.05, 4.69) is 6.92 Å². The van der Waals surface area contributed by atoms with Gasteiger partial charge in [0.15, 0.2) is 0 Å². The SMILES string of the molecule is CCCCOCCOC1(CC(=O)O)CCC1. The van der Waals surface area contributed by atoms with Gasteiger partial charge in [-0.1, -0.05) is 13.3 Å². The van der Waals surface area contributed by atoms with Gasteiger partial charge in [0.25, 0.3) is 0 Å². The first-order valence-corrected chi connectivity index (χ1v) is 6.12. The van der Waals surface area contributed by atoms with Crippen LogP contribution in [0.1, 0.15) is 45.4 Å². The summed E-state index contributed by atoms with van der Waals surface area (Å²) in [6, 6.07) is 0. The molecular formula is C12H22O4. The van der Waals surface area contributed by atoms with Crippen molar-refractivity contribution in [2.75, 3.05) is 19.8 Å². The first-order valence-electron chi connectivity index (χ1n) is 6.12. The lowest BCUT2D eigenvalue weighted by Crippen LogP contribution is -2.42. The lowest BCUT2D eigenvalue weighted by atomic mass is 9.77. The number of carboxylic acid groups (broad SMARTS) is 1. The summed E-state index contributed by atoms with van der Waals surface area (Å²) in [7, 11) is 0. The van der Waals surface area contributed by atoms with E-state index < -0.39 is 5.97 Å². The van der Waals surface area contributed by atoms with Crippen LogP contribution in [0.15, 0.2) is 0 Å². The average molecular weight is 230 g/mol. The molecule has 1 N–H and O–H groups in total. The zero-order valence-corrected chi connectivity index (χ0v) is 10.0. The third-order valence-electron chi connectivity index (χ3n) is 3.02. The van der Waals surface area contributed by atoms with E-state index in [0.717, 1.165) is 38.7 Å². The Morgan fingerprint density at radius 3 is 2.56 bits per heavy atom. The zero-order chi connectivity index (χ0) is 11.9. The van der Waals surface area contributed by atoms with Crippen molar-refractivity contribution >= 4 is 5.97 Å². The van der Waals surface area contributed by atoms with E-state index in [0.29, 0.717) is 13.2 Å². The molecule has 94 valence electrons. The summed E-state index contributed by atoms with van der Waals surface area (Å²) in [5, 5.41) is 8.78. The van der Waals surface area contributed by atoms with Crippen molar-refractivity contribution in [3.05, 3.63) is 0 Å². The molecule has 0 saturated heterocycles. The minimum Gasteiger partial charge on any atom is -0.481 e. The number of rotatable bonds is 9. The number of carbonyl (C=O) groups is 1. The Bertz CT molecular complexity index is 211. The molecule has 0 aromatic heterocycles. The molecule has 0 atom stereocenters. The van der Waals surface area contributed by atoms with Crippen molar-refractivity contribution in [1.82, 2.24) is 0 Å². The molecule has 0 unspecified atom stereocenters. The van der Waals surface area contributed by atoms with Gasteiger partial charge in [0.05, 0.1) is 25.2 Å². The molecule has 1 saturated carbocycles. The number of hydrogen-bond donors (Lipinski definition) is 1. The van der Waals surface area contributed by atoms with E-state index in [1.807, 2.05) is 0 Å². The van der Waals surface area contributed by atoms with Gasteiger partial charge in [0, 0.05) is 6.61 Å². The Hall–Kier alpha value is -0.610. The average Bonchev–Trinajstić information content (AvgIpc) is 2.18. The topological polar surface area (TPSA) is 55.8 Å². The third-order valence-corrected chi connectivity index (χ3v) is 3.02. The van der Waals surface area contributed by atoms with Crippen LogP contribution in [-0.4, -0.2) is 36.5 Å². The number of ether oxygens (including phenoxy) is 2. The molecule has 1 rings (SSSR count). The second kappa shape index (κ2) is 6.86. The van der Waals surface area contributed by atoms with Crippen LogP contribution < -0.4 is 0 Å². The quantitative estimate of drug-likeness (QED) is 0.617. The van der Waals surface area contributed by atoms with Crippen molar-refractivity contribution in [3.8, 4) is 0 Å². The molecule has 0 aliphatic heterocycles. The van der Waals surface area contributed by atoms with Crippen LogP contribution in [0.2, 0.25) is 0 Å². The molecule has 0 amide bonds. The Morgan fingerprint density at radius 2 is 2.06 bits per heavy atom. The van der Waals surface area contributed by atoms with Gasteiger partial charge in [-0.3, -0.25) is 4.79 Å². The van der Waals surface area contributed by atoms with Crippen molar-refractivity contribution in [2.45, 2.75) is 51.0 Å². The van der Waals surface area contributed by atoms with Gasteiger partial charge >= 0.3 is 5.97 Å². The molecule has 1 fully saturated rings. The van der Waals surface area contributed by atoms with Crippen LogP contribution in [0.3, 0.4) is 0 Å². The molecule has 0 bridgehead atoms. The van der Waals surface area contributed by atoms with Gasteiger partial charge in [-0.15, -0.1) is 0 Å². The van der Waals surface area contributed by atoms with Crippen molar-refractivity contribution < 1.29 is 19.4 Å². The van der Waals surface area contributed by atoms with E-state index in [-0.39, 0.29) is 12.0 Å². The Labute approximate surface area is 96.9 Å². The van der Waals surface area contributed by atoms with Gasteiger partial charge < -0.3 is 14.6 Å². The fourth-order valence-electron chi connectivity index (χ4n) is 1.88. The molecule has 4 heteroatoms. The van der Waals surface area contributed by atoms with Crippen molar-refractivity contribution in [2.24, 2.45) is 0 Å². The molecule has 1 aliphatic rings. The molecule has 0 aromatic carbocycles. The summed E-state index contributed by atoms with van der Waals surface area (Å²) in [6.45, 7) is 3.97. The molecule has 4 nitrogen and oxygen atoms in total. The van der Waals surface area contributed by atoms with Gasteiger partial charge in [-0.2, -0.15) is 0 Å². The molecule has 0 heterocycles. The van der Waals surface area contributed by atoms with E-state index in [1.165, 1.54) is 0 Å². The van der Waals surface area contributed by atoms with Crippen LogP contribution in [0, 0.1) is 0 Å². The maximum Gasteiger partial charge on any atom is 0.306 e. The first-order chi connectivity index (χ1) is 7.68. The predicted octanol–water partition coefficient (Wildman–Crippen LogP) is 2.22. The molecular weight excluding hydrogens is 208 g/mol. The van der Waals surface area contributed by atoms with Crippen LogP contribution >= 0.6 is 0 Å². The van der Waals surface area contributed by atoms with Gasteiger partial charge in [0.1, 0.15) is 0 Å². The highest BCUT2D eigenvalue weighted by atomic mass is 16.5. The largest absolute Gasteiger partial charge is 0.481 e. The predicted molar refractivity (Wildman–Crippen MR) is 60.5 cm³/mol. The fraction of sp³-hybridized carbons (Fsp3) is 0.917. The smallest absolute Gasteiger partial charge is 0.306 e. The second-order valence-corrected chi connectivity index (χ2v) is 4.42. The van der Waals surface area contributed by atoms with E-state index in [4.69, 9.17) is 14.6 Å². The standard InChI is InChI=1S/C12H22O4/c1-2-3-7-15-8-9-16-12(5-4-6-12)10-11(13)14/h2-10H2,1H3,(H,13,14). The molecule has 16 heavy (non-hydrogen) atoms. The summed E-state index contributed by atoms with van der Waals surface area (Å²) in [6.07, 6.45) is 5.14. The van der Waals surface area contributed by atoms with Crippen LogP contribution in [0.4, 0.5) is 0 Å². The third kappa shape index (κ3) is 4.49. The lowest BCUT2D eigenvalue weighted by Gasteiger charge is -2.40. The second-order valence-electron chi connectivity index (χ2n) is 4.42. The zero-order valence-electron chi connectivity index (χ0n) is 10.0. The summed E-state index contributed by atoms with van der Waals surface area (Å²) >= 11 is 0. The Kier molecular flexibility index (Phi) is 5.77. The minimum atomic E-state index is -0.772. The first kappa shape index (κ1) is 13.5.